The van der Waals surface area contributed by atoms with Gasteiger partial charge in [0.05, 0.1) is 11.5 Å². The molecule has 0 fully saturated rings. The Bertz CT molecular complexity index is 911. The van der Waals surface area contributed by atoms with Gasteiger partial charge in [-0.15, -0.1) is 0 Å². The molecule has 0 heterocycles. The Morgan fingerprint density at radius 2 is 1.46 bits per heavy atom. The second-order valence-corrected chi connectivity index (χ2v) is 8.18. The monoisotopic (exact) mass is 392 g/mol. The first-order valence-electron chi connectivity index (χ1n) is 8.24. The highest BCUT2D eigenvalue weighted by atomic mass is 35.5. The highest BCUT2D eigenvalue weighted by molar-refractivity contribution is 7.90. The van der Waals surface area contributed by atoms with Crippen molar-refractivity contribution in [2.75, 3.05) is 12.9 Å². The van der Waals surface area contributed by atoms with Crippen molar-refractivity contribution in [1.29, 1.82) is 0 Å². The van der Waals surface area contributed by atoms with Crippen molar-refractivity contribution in [2.45, 2.75) is 25.2 Å². The van der Waals surface area contributed by atoms with Crippen LogP contribution in [-0.2, 0) is 19.4 Å². The first-order valence-corrected chi connectivity index (χ1v) is 10.5. The van der Waals surface area contributed by atoms with E-state index in [0.717, 1.165) is 17.4 Å². The molecular formula is C20H21ClO4S. The minimum absolute atomic E-state index is 0.228. The topological polar surface area (TPSA) is 60.4 Å². The molecule has 0 bridgehead atoms. The van der Waals surface area contributed by atoms with Gasteiger partial charge < -0.3 is 4.74 Å². The number of esters is 1. The van der Waals surface area contributed by atoms with Gasteiger partial charge in [-0.25, -0.2) is 13.2 Å². The van der Waals surface area contributed by atoms with E-state index < -0.39 is 9.84 Å². The summed E-state index contributed by atoms with van der Waals surface area (Å²) < 4.78 is 28.6. The lowest BCUT2D eigenvalue weighted by atomic mass is 9.92. The smallest absolute Gasteiger partial charge is 0.334 e. The standard InChI is InChI=1S/C20H21ClO4S/c1-4-18(20(22)25-5-2)19(14-6-10-16(21)11-7-14)15-8-12-17(13-9-15)26(3,23)24/h6-13H,4-5H2,1-3H3/b19-18+. The molecule has 2 aromatic carbocycles. The van der Waals surface area contributed by atoms with Crippen LogP contribution in [0.4, 0.5) is 0 Å². The van der Waals surface area contributed by atoms with Gasteiger partial charge in [-0.1, -0.05) is 42.8 Å². The highest BCUT2D eigenvalue weighted by Gasteiger charge is 2.19. The molecule has 0 spiro atoms. The Kier molecular flexibility index (Phi) is 6.62. The van der Waals surface area contributed by atoms with E-state index in [2.05, 4.69) is 0 Å². The predicted octanol–water partition coefficient (Wildman–Crippen LogP) is 4.52. The average Bonchev–Trinajstić information content (AvgIpc) is 2.60. The molecule has 0 saturated heterocycles. The molecular weight excluding hydrogens is 372 g/mol. The number of halogens is 1. The third-order valence-corrected chi connectivity index (χ3v) is 5.26. The molecule has 0 saturated carbocycles. The van der Waals surface area contributed by atoms with Crippen LogP contribution in [-0.4, -0.2) is 27.2 Å². The lowest BCUT2D eigenvalue weighted by Gasteiger charge is -2.15. The Morgan fingerprint density at radius 3 is 1.88 bits per heavy atom. The fourth-order valence-corrected chi connectivity index (χ4v) is 3.40. The summed E-state index contributed by atoms with van der Waals surface area (Å²) in [6, 6.07) is 13.6. The zero-order valence-electron chi connectivity index (χ0n) is 15.0. The largest absolute Gasteiger partial charge is 0.463 e. The molecule has 26 heavy (non-hydrogen) atoms. The maximum absolute atomic E-state index is 12.5. The van der Waals surface area contributed by atoms with E-state index in [4.69, 9.17) is 16.3 Å². The van der Waals surface area contributed by atoms with Crippen molar-refractivity contribution in [1.82, 2.24) is 0 Å². The number of hydrogen-bond acceptors (Lipinski definition) is 4. The molecule has 0 radical (unpaired) electrons. The molecule has 2 rings (SSSR count). The Labute approximate surface area is 159 Å². The molecule has 0 atom stereocenters. The molecule has 0 aliphatic rings. The quantitative estimate of drug-likeness (QED) is 0.535. The first kappa shape index (κ1) is 20.2. The molecule has 4 nitrogen and oxygen atoms in total. The van der Waals surface area contributed by atoms with Crippen LogP contribution in [0.5, 0.6) is 0 Å². The van der Waals surface area contributed by atoms with Crippen LogP contribution in [0.15, 0.2) is 59.0 Å². The van der Waals surface area contributed by atoms with Gasteiger partial charge in [0, 0.05) is 16.9 Å². The second-order valence-electron chi connectivity index (χ2n) is 5.73. The SMILES string of the molecule is CCOC(=O)/C(CC)=C(\c1ccc(Cl)cc1)c1ccc(S(C)(=O)=O)cc1. The van der Waals surface area contributed by atoms with Crippen LogP contribution in [0, 0.1) is 0 Å². The van der Waals surface area contributed by atoms with Crippen LogP contribution < -0.4 is 0 Å². The van der Waals surface area contributed by atoms with E-state index in [-0.39, 0.29) is 17.5 Å². The summed E-state index contributed by atoms with van der Waals surface area (Å²) in [5, 5.41) is 0.592. The summed E-state index contributed by atoms with van der Waals surface area (Å²) in [4.78, 5) is 12.7. The third-order valence-electron chi connectivity index (χ3n) is 3.88. The van der Waals surface area contributed by atoms with E-state index in [1.165, 1.54) is 0 Å². The fourth-order valence-electron chi connectivity index (χ4n) is 2.64. The van der Waals surface area contributed by atoms with Gasteiger partial charge in [-0.2, -0.15) is 0 Å². The lowest BCUT2D eigenvalue weighted by molar-refractivity contribution is -0.138. The van der Waals surface area contributed by atoms with E-state index in [1.54, 1.807) is 43.3 Å². The van der Waals surface area contributed by atoms with Crippen LogP contribution >= 0.6 is 11.6 Å². The molecule has 0 amide bonds. The van der Waals surface area contributed by atoms with Gasteiger partial charge in [0.2, 0.25) is 0 Å². The number of sulfone groups is 1. The molecule has 0 aromatic heterocycles. The summed E-state index contributed by atoms with van der Waals surface area (Å²) in [7, 11) is -3.29. The maximum Gasteiger partial charge on any atom is 0.334 e. The van der Waals surface area contributed by atoms with Gasteiger partial charge in [-0.3, -0.25) is 0 Å². The number of hydrogen-bond donors (Lipinski definition) is 0. The van der Waals surface area contributed by atoms with Crippen LogP contribution in [0.3, 0.4) is 0 Å². The van der Waals surface area contributed by atoms with Crippen LogP contribution in [0.2, 0.25) is 5.02 Å². The molecule has 138 valence electrons. The molecule has 0 aliphatic heterocycles. The van der Waals surface area contributed by atoms with Crippen LogP contribution in [0.1, 0.15) is 31.4 Å². The molecule has 6 heteroatoms. The van der Waals surface area contributed by atoms with Gasteiger partial charge in [0.1, 0.15) is 0 Å². The van der Waals surface area contributed by atoms with E-state index in [0.29, 0.717) is 22.6 Å². The van der Waals surface area contributed by atoms with Crippen molar-refractivity contribution in [3.8, 4) is 0 Å². The van der Waals surface area contributed by atoms with E-state index >= 15 is 0 Å². The number of benzene rings is 2. The number of carbonyl (C=O) groups excluding carboxylic acids is 1. The van der Waals surface area contributed by atoms with Gasteiger partial charge in [-0.05, 0) is 54.3 Å². The number of carbonyl (C=O) groups is 1. The van der Waals surface area contributed by atoms with Crippen molar-refractivity contribution in [3.63, 3.8) is 0 Å². The number of ether oxygens (including phenoxy) is 1. The first-order chi connectivity index (χ1) is 12.3. The predicted molar refractivity (Wildman–Crippen MR) is 104 cm³/mol. The number of rotatable bonds is 6. The molecule has 0 aliphatic carbocycles. The summed E-state index contributed by atoms with van der Waals surface area (Å²) in [6.45, 7) is 3.92. The summed E-state index contributed by atoms with van der Waals surface area (Å²) in [6.07, 6.45) is 1.64. The highest BCUT2D eigenvalue weighted by Crippen LogP contribution is 2.31. The van der Waals surface area contributed by atoms with Crippen molar-refractivity contribution in [2.24, 2.45) is 0 Å². The third kappa shape index (κ3) is 4.74. The van der Waals surface area contributed by atoms with E-state index in [1.807, 2.05) is 19.1 Å². The van der Waals surface area contributed by atoms with Gasteiger partial charge >= 0.3 is 5.97 Å². The normalized spacial score (nSPS) is 12.5. The Morgan fingerprint density at radius 1 is 0.962 bits per heavy atom. The van der Waals surface area contributed by atoms with Gasteiger partial charge in [0.25, 0.3) is 0 Å². The lowest BCUT2D eigenvalue weighted by Crippen LogP contribution is -2.10. The van der Waals surface area contributed by atoms with Crippen molar-refractivity contribution >= 4 is 33.0 Å². The molecule has 2 aromatic rings. The van der Waals surface area contributed by atoms with Crippen molar-refractivity contribution < 1.29 is 17.9 Å². The fraction of sp³-hybridized carbons (Fsp3) is 0.250. The minimum atomic E-state index is -3.29. The Balaban J connectivity index is 2.67. The average molecular weight is 393 g/mol. The summed E-state index contributed by atoms with van der Waals surface area (Å²) >= 11 is 5.98. The molecule has 0 N–H and O–H groups in total. The van der Waals surface area contributed by atoms with E-state index in [9.17, 15) is 13.2 Å². The summed E-state index contributed by atoms with van der Waals surface area (Å²) in [5.41, 5.74) is 2.79. The zero-order chi connectivity index (χ0) is 19.3. The maximum atomic E-state index is 12.5. The molecule has 0 unspecified atom stereocenters. The van der Waals surface area contributed by atoms with Crippen LogP contribution in [0.25, 0.3) is 5.57 Å². The summed E-state index contributed by atoms with van der Waals surface area (Å²) in [5.74, 6) is -0.382. The van der Waals surface area contributed by atoms with Gasteiger partial charge in [0.15, 0.2) is 9.84 Å². The zero-order valence-corrected chi connectivity index (χ0v) is 16.5. The van der Waals surface area contributed by atoms with Crippen molar-refractivity contribution in [3.05, 3.63) is 70.3 Å². The second kappa shape index (κ2) is 8.52. The Hall–Kier alpha value is -2.11. The minimum Gasteiger partial charge on any atom is -0.463 e.